The van der Waals surface area contributed by atoms with Crippen LogP contribution in [0.15, 0.2) is 0 Å². The molecule has 0 aromatic carbocycles. The summed E-state index contributed by atoms with van der Waals surface area (Å²) in [7, 11) is 0. The van der Waals surface area contributed by atoms with Gasteiger partial charge in [0.25, 0.3) is 0 Å². The Hall–Kier alpha value is -0.610. The third-order valence-corrected chi connectivity index (χ3v) is 2.10. The summed E-state index contributed by atoms with van der Waals surface area (Å²) in [5.74, 6) is -0.837. The number of aliphatic carboxylic acids is 1. The molecule has 4 nitrogen and oxygen atoms in total. The Morgan fingerprint density at radius 3 is 2.29 bits per heavy atom. The van der Waals surface area contributed by atoms with Gasteiger partial charge in [0.2, 0.25) is 0 Å². The molecule has 0 heterocycles. The number of aliphatic hydroxyl groups excluding tert-OH is 1. The molecule has 0 aliphatic rings. The number of nitrogens with one attached hydrogen (secondary N) is 1. The Morgan fingerprint density at radius 1 is 1.29 bits per heavy atom. The third kappa shape index (κ3) is 5.94. The third-order valence-electron chi connectivity index (χ3n) is 2.10. The van der Waals surface area contributed by atoms with E-state index in [1.165, 1.54) is 0 Å². The molecule has 0 aliphatic heterocycles. The topological polar surface area (TPSA) is 69.6 Å². The van der Waals surface area contributed by atoms with Crippen LogP contribution in [-0.2, 0) is 4.79 Å². The van der Waals surface area contributed by atoms with E-state index >= 15 is 0 Å². The zero-order chi connectivity index (χ0) is 11.0. The fourth-order valence-corrected chi connectivity index (χ4v) is 1.32. The lowest BCUT2D eigenvalue weighted by molar-refractivity contribution is -0.139. The lowest BCUT2D eigenvalue weighted by Crippen LogP contribution is -2.40. The summed E-state index contributed by atoms with van der Waals surface area (Å²) in [5.41, 5.74) is 0. The molecule has 3 N–H and O–H groups in total. The van der Waals surface area contributed by atoms with Gasteiger partial charge in [-0.1, -0.05) is 26.7 Å². The maximum Gasteiger partial charge on any atom is 0.320 e. The van der Waals surface area contributed by atoms with Crippen LogP contribution in [-0.4, -0.2) is 34.9 Å². The van der Waals surface area contributed by atoms with Gasteiger partial charge in [-0.15, -0.1) is 0 Å². The predicted octanol–water partition coefficient (Wildman–Crippen LogP) is 0.990. The van der Waals surface area contributed by atoms with Gasteiger partial charge in [0, 0.05) is 6.54 Å². The first-order chi connectivity index (χ1) is 6.61. The number of hydrogen-bond donors (Lipinski definition) is 3. The monoisotopic (exact) mass is 203 g/mol. The van der Waals surface area contributed by atoms with Crippen molar-refractivity contribution in [2.24, 2.45) is 0 Å². The molecule has 0 fully saturated rings. The Morgan fingerprint density at radius 2 is 1.86 bits per heavy atom. The van der Waals surface area contributed by atoms with Gasteiger partial charge in [0.05, 0.1) is 6.10 Å². The van der Waals surface area contributed by atoms with E-state index in [1.54, 1.807) is 0 Å². The van der Waals surface area contributed by atoms with Crippen molar-refractivity contribution < 1.29 is 15.0 Å². The fourth-order valence-electron chi connectivity index (χ4n) is 1.32. The van der Waals surface area contributed by atoms with E-state index in [4.69, 9.17) is 5.11 Å². The van der Waals surface area contributed by atoms with Gasteiger partial charge >= 0.3 is 5.97 Å². The largest absolute Gasteiger partial charge is 0.480 e. The summed E-state index contributed by atoms with van der Waals surface area (Å²) in [4.78, 5) is 10.7. The number of carboxylic acids is 1. The predicted molar refractivity (Wildman–Crippen MR) is 55.2 cm³/mol. The van der Waals surface area contributed by atoms with Crippen LogP contribution in [0.1, 0.15) is 39.5 Å². The summed E-state index contributed by atoms with van der Waals surface area (Å²) in [5, 5.41) is 21.1. The fraction of sp³-hybridized carbons (Fsp3) is 0.900. The molecular weight excluding hydrogens is 182 g/mol. The number of carboxylic acid groups (broad SMARTS) is 1. The quantitative estimate of drug-likeness (QED) is 0.550. The number of rotatable bonds is 8. The molecule has 0 rings (SSSR count). The van der Waals surface area contributed by atoms with Gasteiger partial charge in [0.1, 0.15) is 6.04 Å². The smallest absolute Gasteiger partial charge is 0.320 e. The standard InChI is InChI=1S/C10H21NO3/c1-3-5-8(12)7-11-9(6-4-2)10(13)14/h8-9,11-12H,3-7H2,1-2H3,(H,13,14). The first kappa shape index (κ1) is 13.4. The molecule has 0 amide bonds. The number of aliphatic hydroxyl groups is 1. The highest BCUT2D eigenvalue weighted by Gasteiger charge is 2.16. The molecule has 84 valence electrons. The molecule has 0 aliphatic carbocycles. The molecule has 2 unspecified atom stereocenters. The highest BCUT2D eigenvalue weighted by molar-refractivity contribution is 5.73. The molecule has 2 atom stereocenters. The Labute approximate surface area is 85.3 Å². The maximum absolute atomic E-state index is 10.7. The summed E-state index contributed by atoms with van der Waals surface area (Å²) in [6.45, 7) is 4.30. The molecule has 0 saturated carbocycles. The second kappa shape index (κ2) is 7.76. The first-order valence-electron chi connectivity index (χ1n) is 5.26. The molecular formula is C10H21NO3. The number of carbonyl (C=O) groups is 1. The van der Waals surface area contributed by atoms with Crippen molar-refractivity contribution >= 4 is 5.97 Å². The Bertz CT molecular complexity index is 161. The molecule has 14 heavy (non-hydrogen) atoms. The second-order valence-corrected chi connectivity index (χ2v) is 3.53. The molecule has 0 spiro atoms. The van der Waals surface area contributed by atoms with Crippen molar-refractivity contribution in [3.8, 4) is 0 Å². The lowest BCUT2D eigenvalue weighted by atomic mass is 10.1. The van der Waals surface area contributed by atoms with Gasteiger partial charge in [-0.05, 0) is 12.8 Å². The summed E-state index contributed by atoms with van der Waals surface area (Å²) >= 11 is 0. The minimum absolute atomic E-state index is 0.366. The van der Waals surface area contributed by atoms with Gasteiger partial charge in [-0.3, -0.25) is 4.79 Å². The van der Waals surface area contributed by atoms with Crippen molar-refractivity contribution in [1.29, 1.82) is 0 Å². The van der Waals surface area contributed by atoms with Crippen LogP contribution in [0.3, 0.4) is 0 Å². The summed E-state index contributed by atoms with van der Waals surface area (Å²) in [6.07, 6.45) is 2.63. The van der Waals surface area contributed by atoms with Gasteiger partial charge in [-0.2, -0.15) is 0 Å². The maximum atomic E-state index is 10.7. The normalized spacial score (nSPS) is 15.1. The van der Waals surface area contributed by atoms with E-state index < -0.39 is 18.1 Å². The van der Waals surface area contributed by atoms with Gasteiger partial charge in [0.15, 0.2) is 0 Å². The Balaban J connectivity index is 3.75. The zero-order valence-electron chi connectivity index (χ0n) is 8.99. The highest BCUT2D eigenvalue weighted by atomic mass is 16.4. The second-order valence-electron chi connectivity index (χ2n) is 3.53. The average Bonchev–Trinajstić information content (AvgIpc) is 2.12. The molecule has 0 radical (unpaired) electrons. The molecule has 0 aromatic rings. The molecule has 0 saturated heterocycles. The van der Waals surface area contributed by atoms with Crippen LogP contribution < -0.4 is 5.32 Å². The van der Waals surface area contributed by atoms with Crippen LogP contribution >= 0.6 is 0 Å². The zero-order valence-corrected chi connectivity index (χ0v) is 8.99. The van der Waals surface area contributed by atoms with E-state index in [-0.39, 0.29) is 0 Å². The molecule has 0 aromatic heterocycles. The number of hydrogen-bond acceptors (Lipinski definition) is 3. The van der Waals surface area contributed by atoms with Crippen LogP contribution in [0.4, 0.5) is 0 Å². The first-order valence-corrected chi connectivity index (χ1v) is 5.26. The summed E-state index contributed by atoms with van der Waals surface area (Å²) in [6, 6.07) is -0.522. The van der Waals surface area contributed by atoms with Crippen LogP contribution in [0, 0.1) is 0 Å². The Kier molecular flexibility index (Phi) is 7.42. The van der Waals surface area contributed by atoms with Crippen LogP contribution in [0.2, 0.25) is 0 Å². The van der Waals surface area contributed by atoms with E-state index in [9.17, 15) is 9.90 Å². The van der Waals surface area contributed by atoms with E-state index in [0.29, 0.717) is 19.4 Å². The highest BCUT2D eigenvalue weighted by Crippen LogP contribution is 1.99. The average molecular weight is 203 g/mol. The van der Waals surface area contributed by atoms with Crippen molar-refractivity contribution in [3.05, 3.63) is 0 Å². The molecule has 0 bridgehead atoms. The van der Waals surface area contributed by atoms with E-state index in [2.05, 4.69) is 5.32 Å². The van der Waals surface area contributed by atoms with Gasteiger partial charge < -0.3 is 15.5 Å². The summed E-state index contributed by atoms with van der Waals surface area (Å²) < 4.78 is 0. The minimum atomic E-state index is -0.837. The van der Waals surface area contributed by atoms with Crippen molar-refractivity contribution in [2.75, 3.05) is 6.54 Å². The van der Waals surface area contributed by atoms with Crippen molar-refractivity contribution in [3.63, 3.8) is 0 Å². The van der Waals surface area contributed by atoms with Crippen LogP contribution in [0.25, 0.3) is 0 Å². The molecule has 4 heteroatoms. The van der Waals surface area contributed by atoms with Gasteiger partial charge in [-0.25, -0.2) is 0 Å². The SMILES string of the molecule is CCCC(O)CNC(CCC)C(=O)O. The van der Waals surface area contributed by atoms with Crippen molar-refractivity contribution in [2.45, 2.75) is 51.7 Å². The van der Waals surface area contributed by atoms with Crippen LogP contribution in [0.5, 0.6) is 0 Å². The lowest BCUT2D eigenvalue weighted by Gasteiger charge is -2.16. The van der Waals surface area contributed by atoms with E-state index in [1.807, 2.05) is 13.8 Å². The minimum Gasteiger partial charge on any atom is -0.480 e. The van der Waals surface area contributed by atoms with Crippen molar-refractivity contribution in [1.82, 2.24) is 5.32 Å². The van der Waals surface area contributed by atoms with E-state index in [0.717, 1.165) is 12.8 Å².